The Labute approximate surface area is 167 Å². The molecule has 0 spiro atoms. The van der Waals surface area contributed by atoms with Crippen LogP contribution in [0.15, 0.2) is 27.3 Å². The number of rotatable bonds is 6. The third-order valence-electron chi connectivity index (χ3n) is 4.62. The lowest BCUT2D eigenvalue weighted by Crippen LogP contribution is -2.56. The molecule has 0 bridgehead atoms. The van der Waals surface area contributed by atoms with Crippen LogP contribution >= 0.6 is 0 Å². The Kier molecular flexibility index (Phi) is 6.57. The highest BCUT2D eigenvalue weighted by atomic mass is 16.3. The zero-order valence-electron chi connectivity index (χ0n) is 16.8. The van der Waals surface area contributed by atoms with Gasteiger partial charge in [0.1, 0.15) is 5.57 Å². The van der Waals surface area contributed by atoms with Crippen molar-refractivity contribution in [3.8, 4) is 5.88 Å². The van der Waals surface area contributed by atoms with Crippen molar-refractivity contribution >= 4 is 23.9 Å². The zero-order chi connectivity index (χ0) is 21.9. The highest BCUT2D eigenvalue weighted by Crippen LogP contribution is 2.18. The predicted octanol–water partition coefficient (Wildman–Crippen LogP) is -0.106. The third kappa shape index (κ3) is 3.65. The van der Waals surface area contributed by atoms with Gasteiger partial charge < -0.3 is 9.67 Å². The number of aromatic nitrogens is 2. The molecule has 2 heterocycles. The number of carbonyl (C=O) groups is 3. The fourth-order valence-corrected chi connectivity index (χ4v) is 3.04. The second-order valence-electron chi connectivity index (χ2n) is 6.12. The molecule has 0 N–H and O–H groups in total. The molecule has 0 saturated carbocycles. The molecule has 1 aromatic heterocycles. The number of allylic oxidation sites excluding steroid dienone is 2. The monoisotopic (exact) mass is 403 g/mol. The molecule has 1 fully saturated rings. The number of nitrogens with zero attached hydrogens (tertiary/aromatic N) is 4. The van der Waals surface area contributed by atoms with E-state index in [-0.39, 0.29) is 37.3 Å². The lowest BCUT2D eigenvalue weighted by atomic mass is 10.1. The molecule has 10 heteroatoms. The van der Waals surface area contributed by atoms with Crippen LogP contribution in [0, 0.1) is 0 Å². The number of barbiturate groups is 1. The normalized spacial score (nSPS) is 15.0. The van der Waals surface area contributed by atoms with Crippen molar-refractivity contribution in [3.63, 3.8) is 0 Å². The van der Waals surface area contributed by atoms with Gasteiger partial charge >= 0.3 is 11.7 Å². The van der Waals surface area contributed by atoms with Gasteiger partial charge in [-0.15, -0.1) is 0 Å². The first-order chi connectivity index (χ1) is 13.7. The molecule has 1 aromatic rings. The Balaban J connectivity index is 2.54. The summed E-state index contributed by atoms with van der Waals surface area (Å²) in [5, 5.41) is 12.4. The summed E-state index contributed by atoms with van der Waals surface area (Å²) in [7, 11) is 0. The van der Waals surface area contributed by atoms with Gasteiger partial charge in [0.2, 0.25) is 0 Å². The molecule has 1 saturated heterocycles. The molecule has 1 aliphatic rings. The van der Waals surface area contributed by atoms with Crippen LogP contribution in [0.5, 0.6) is 5.88 Å². The zero-order valence-corrected chi connectivity index (χ0v) is 16.8. The lowest BCUT2D eigenvalue weighted by Gasteiger charge is -2.32. The number of hydrogen-bond donors (Lipinski definition) is 0. The van der Waals surface area contributed by atoms with E-state index in [0.717, 1.165) is 18.9 Å². The van der Waals surface area contributed by atoms with E-state index in [9.17, 15) is 29.1 Å². The number of urea groups is 1. The average molecular weight is 403 g/mol. The van der Waals surface area contributed by atoms with Gasteiger partial charge in [0.05, 0.1) is 0 Å². The minimum Gasteiger partial charge on any atom is -0.859 e. The third-order valence-corrected chi connectivity index (χ3v) is 4.62. The van der Waals surface area contributed by atoms with E-state index in [1.54, 1.807) is 27.7 Å². The van der Waals surface area contributed by atoms with Gasteiger partial charge in [-0.05, 0) is 45.7 Å². The standard InChI is InChI=1S/C19H24N4O6/c1-5-20-14(24)12(15(25)21(6-2)18(20)28)10-9-11-13-16(26)22(7-3)19(29)23(8-4)17(13)27/h9-11,24H,5-8H2,1-4H3/p-1/b10-9+. The van der Waals surface area contributed by atoms with E-state index in [1.165, 1.54) is 18.2 Å². The molecule has 0 radical (unpaired) electrons. The minimum atomic E-state index is -0.747. The summed E-state index contributed by atoms with van der Waals surface area (Å²) in [6.45, 7) is 6.81. The molecular weight excluding hydrogens is 380 g/mol. The number of imide groups is 2. The summed E-state index contributed by atoms with van der Waals surface area (Å²) < 4.78 is 1.87. The Morgan fingerprint density at radius 2 is 1.31 bits per heavy atom. The second-order valence-corrected chi connectivity index (χ2v) is 6.12. The smallest absolute Gasteiger partial charge is 0.333 e. The second kappa shape index (κ2) is 8.72. The first kappa shape index (κ1) is 21.9. The number of likely N-dealkylation sites (N-methyl/N-ethyl adjacent to an activating group) is 2. The SMILES string of the molecule is CCN1C(=O)C(=C/C=C/c2c([O-])n(CC)c(=O)n(CC)c2=O)C(=O)N(CC)C1=O. The fraction of sp³-hybridized carbons (Fsp3) is 0.421. The van der Waals surface area contributed by atoms with Crippen LogP contribution in [-0.2, 0) is 22.7 Å². The molecule has 0 aliphatic carbocycles. The summed E-state index contributed by atoms with van der Waals surface area (Å²) in [5.41, 5.74) is -1.94. The molecular formula is C19H23N4O6-. The Morgan fingerprint density at radius 1 is 0.793 bits per heavy atom. The quantitative estimate of drug-likeness (QED) is 0.482. The molecule has 29 heavy (non-hydrogen) atoms. The topological polar surface area (TPSA) is 125 Å². The molecule has 156 valence electrons. The summed E-state index contributed by atoms with van der Waals surface area (Å²) in [6, 6.07) is -0.686. The van der Waals surface area contributed by atoms with Crippen LogP contribution in [0.3, 0.4) is 0 Å². The van der Waals surface area contributed by atoms with Gasteiger partial charge in [0.15, 0.2) is 0 Å². The van der Waals surface area contributed by atoms with Crippen LogP contribution in [0.4, 0.5) is 4.79 Å². The average Bonchev–Trinajstić information content (AvgIpc) is 2.68. The van der Waals surface area contributed by atoms with Crippen LogP contribution in [-0.4, -0.2) is 49.9 Å². The van der Waals surface area contributed by atoms with E-state index in [0.29, 0.717) is 0 Å². The van der Waals surface area contributed by atoms with Crippen molar-refractivity contribution < 1.29 is 19.5 Å². The molecule has 0 unspecified atom stereocenters. The molecule has 1 aliphatic heterocycles. The number of hydrogen-bond acceptors (Lipinski definition) is 6. The maximum Gasteiger partial charge on any atom is 0.333 e. The van der Waals surface area contributed by atoms with Crippen molar-refractivity contribution in [2.75, 3.05) is 13.1 Å². The highest BCUT2D eigenvalue weighted by molar-refractivity contribution is 6.28. The summed E-state index contributed by atoms with van der Waals surface area (Å²) in [4.78, 5) is 63.5. The van der Waals surface area contributed by atoms with Gasteiger partial charge in [-0.3, -0.25) is 28.8 Å². The van der Waals surface area contributed by atoms with Crippen molar-refractivity contribution in [1.29, 1.82) is 0 Å². The summed E-state index contributed by atoms with van der Waals surface area (Å²) in [6.07, 6.45) is 3.56. The number of carbonyl (C=O) groups excluding carboxylic acids is 3. The van der Waals surface area contributed by atoms with Crippen molar-refractivity contribution in [3.05, 3.63) is 44.1 Å². The van der Waals surface area contributed by atoms with E-state index in [2.05, 4.69) is 0 Å². The Bertz CT molecular complexity index is 1000. The van der Waals surface area contributed by atoms with Crippen LogP contribution < -0.4 is 16.4 Å². The van der Waals surface area contributed by atoms with Crippen molar-refractivity contribution in [2.24, 2.45) is 0 Å². The first-order valence-electron chi connectivity index (χ1n) is 9.35. The van der Waals surface area contributed by atoms with E-state index >= 15 is 0 Å². The van der Waals surface area contributed by atoms with Gasteiger partial charge in [-0.1, -0.05) is 6.08 Å². The van der Waals surface area contributed by atoms with Gasteiger partial charge in [-0.2, -0.15) is 0 Å². The number of amides is 4. The highest BCUT2D eigenvalue weighted by Gasteiger charge is 2.39. The minimum absolute atomic E-state index is 0.0931. The maximum absolute atomic E-state index is 12.4. The molecule has 10 nitrogen and oxygen atoms in total. The molecule has 4 amide bonds. The summed E-state index contributed by atoms with van der Waals surface area (Å²) >= 11 is 0. The van der Waals surface area contributed by atoms with Crippen LogP contribution in [0.2, 0.25) is 0 Å². The molecule has 2 rings (SSSR count). The van der Waals surface area contributed by atoms with Gasteiger partial charge in [-0.25, -0.2) is 9.59 Å². The van der Waals surface area contributed by atoms with E-state index < -0.39 is 35.0 Å². The van der Waals surface area contributed by atoms with Crippen molar-refractivity contribution in [1.82, 2.24) is 18.9 Å². The molecule has 0 aromatic carbocycles. The Hall–Kier alpha value is -3.43. The fourth-order valence-electron chi connectivity index (χ4n) is 3.04. The summed E-state index contributed by atoms with van der Waals surface area (Å²) in [5.74, 6) is -2.24. The van der Waals surface area contributed by atoms with Crippen molar-refractivity contribution in [2.45, 2.75) is 40.8 Å². The van der Waals surface area contributed by atoms with E-state index in [1.807, 2.05) is 0 Å². The van der Waals surface area contributed by atoms with E-state index in [4.69, 9.17) is 0 Å². The van der Waals surface area contributed by atoms with Gasteiger partial charge in [0, 0.05) is 31.7 Å². The predicted molar refractivity (Wildman–Crippen MR) is 103 cm³/mol. The van der Waals surface area contributed by atoms with Crippen LogP contribution in [0.1, 0.15) is 33.3 Å². The molecule has 0 atom stereocenters. The van der Waals surface area contributed by atoms with Crippen LogP contribution in [0.25, 0.3) is 6.08 Å². The first-order valence-corrected chi connectivity index (χ1v) is 9.35. The van der Waals surface area contributed by atoms with Gasteiger partial charge in [0.25, 0.3) is 17.4 Å². The maximum atomic E-state index is 12.4. The lowest BCUT2D eigenvalue weighted by molar-refractivity contribution is -0.280. The Morgan fingerprint density at radius 3 is 1.76 bits per heavy atom. The largest absolute Gasteiger partial charge is 0.859 e.